The molecule has 7 nitrogen and oxygen atoms in total. The number of carbonyl (C=O) groups excluding carboxylic acids is 2. The van der Waals surface area contributed by atoms with Crippen molar-refractivity contribution in [2.45, 2.75) is 50.2 Å². The van der Waals surface area contributed by atoms with Crippen LogP contribution >= 0.6 is 0 Å². The summed E-state index contributed by atoms with van der Waals surface area (Å²) in [5, 5.41) is 2.76. The van der Waals surface area contributed by atoms with Crippen LogP contribution < -0.4 is 5.32 Å². The summed E-state index contributed by atoms with van der Waals surface area (Å²) >= 11 is 0. The van der Waals surface area contributed by atoms with Crippen molar-refractivity contribution in [3.63, 3.8) is 0 Å². The maximum atomic E-state index is 13.1. The second-order valence-electron chi connectivity index (χ2n) is 7.98. The van der Waals surface area contributed by atoms with Gasteiger partial charge in [-0.25, -0.2) is 9.78 Å². The van der Waals surface area contributed by atoms with E-state index in [9.17, 15) is 9.59 Å². The largest absolute Gasteiger partial charge is 0.441 e. The van der Waals surface area contributed by atoms with Crippen molar-refractivity contribution < 1.29 is 14.3 Å². The number of nitrogens with zero attached hydrogens (tertiary/aromatic N) is 3. The average Bonchev–Trinajstić information content (AvgIpc) is 3.40. The van der Waals surface area contributed by atoms with Gasteiger partial charge in [0.05, 0.1) is 17.6 Å². The third-order valence-corrected chi connectivity index (χ3v) is 6.03. The fourth-order valence-corrected chi connectivity index (χ4v) is 4.35. The van der Waals surface area contributed by atoms with Crippen LogP contribution in [0, 0.1) is 0 Å². The summed E-state index contributed by atoms with van der Waals surface area (Å²) in [4.78, 5) is 31.2. The van der Waals surface area contributed by atoms with Crippen molar-refractivity contribution in [3.8, 4) is 0 Å². The number of ether oxygens (including phenoxy) is 1. The van der Waals surface area contributed by atoms with Crippen LogP contribution in [0.15, 0.2) is 24.3 Å². The van der Waals surface area contributed by atoms with Gasteiger partial charge in [-0.15, -0.1) is 0 Å². The lowest BCUT2D eigenvalue weighted by molar-refractivity contribution is -0.131. The highest BCUT2D eigenvalue weighted by Crippen LogP contribution is 2.40. The molecule has 1 aromatic heterocycles. The second kappa shape index (κ2) is 6.25. The van der Waals surface area contributed by atoms with E-state index in [2.05, 4.69) is 9.88 Å². The van der Waals surface area contributed by atoms with E-state index in [1.807, 2.05) is 29.2 Å². The van der Waals surface area contributed by atoms with Crippen molar-refractivity contribution in [1.82, 2.24) is 19.8 Å². The Kier molecular flexibility index (Phi) is 3.84. The van der Waals surface area contributed by atoms with Crippen LogP contribution in [0.3, 0.4) is 0 Å². The van der Waals surface area contributed by atoms with Crippen LogP contribution in [0.2, 0.25) is 0 Å². The summed E-state index contributed by atoms with van der Waals surface area (Å²) in [6.07, 6.45) is 4.31. The van der Waals surface area contributed by atoms with E-state index < -0.39 is 5.60 Å². The Labute approximate surface area is 157 Å². The molecule has 1 unspecified atom stereocenters. The first-order valence-corrected chi connectivity index (χ1v) is 9.83. The Balaban J connectivity index is 1.34. The van der Waals surface area contributed by atoms with E-state index in [1.54, 1.807) is 0 Å². The van der Waals surface area contributed by atoms with Gasteiger partial charge in [-0.1, -0.05) is 12.1 Å². The summed E-state index contributed by atoms with van der Waals surface area (Å²) < 4.78 is 7.62. The number of benzene rings is 1. The van der Waals surface area contributed by atoms with Crippen LogP contribution in [0.4, 0.5) is 4.79 Å². The fraction of sp³-hybridized carbons (Fsp3) is 0.550. The molecule has 1 atom stereocenters. The number of hydrogen-bond acceptors (Lipinski definition) is 4. The topological polar surface area (TPSA) is 76.5 Å². The van der Waals surface area contributed by atoms with Gasteiger partial charge in [0.25, 0.3) is 0 Å². The summed E-state index contributed by atoms with van der Waals surface area (Å²) in [6, 6.07) is 8.05. The molecule has 0 radical (unpaired) electrons. The Hall–Kier alpha value is -2.57. The number of imidazole rings is 1. The van der Waals surface area contributed by atoms with E-state index >= 15 is 0 Å². The fourth-order valence-electron chi connectivity index (χ4n) is 4.35. The molecular weight excluding hydrogens is 344 g/mol. The number of carbonyl (C=O) groups is 2. The van der Waals surface area contributed by atoms with Gasteiger partial charge in [0.15, 0.2) is 0 Å². The smallest absolute Gasteiger partial charge is 0.407 e. The first kappa shape index (κ1) is 16.6. The van der Waals surface area contributed by atoms with Crippen molar-refractivity contribution in [2.24, 2.45) is 0 Å². The van der Waals surface area contributed by atoms with Gasteiger partial charge in [-0.05, 0) is 37.8 Å². The van der Waals surface area contributed by atoms with Gasteiger partial charge in [0.2, 0.25) is 5.91 Å². The molecule has 1 aliphatic carbocycles. The molecule has 3 fully saturated rings. The van der Waals surface area contributed by atoms with Crippen LogP contribution in [0.25, 0.3) is 11.0 Å². The van der Waals surface area contributed by atoms with E-state index in [0.29, 0.717) is 38.5 Å². The first-order chi connectivity index (χ1) is 13.1. The number of hydrogen-bond donors (Lipinski definition) is 1. The van der Waals surface area contributed by atoms with Crippen molar-refractivity contribution in [1.29, 1.82) is 0 Å². The summed E-state index contributed by atoms with van der Waals surface area (Å²) in [7, 11) is 0. The number of fused-ring (bicyclic) bond motifs is 1. The molecule has 3 heterocycles. The van der Waals surface area contributed by atoms with Crippen LogP contribution in [-0.4, -0.2) is 51.7 Å². The molecule has 2 aliphatic heterocycles. The van der Waals surface area contributed by atoms with Crippen molar-refractivity contribution in [2.75, 3.05) is 19.6 Å². The maximum Gasteiger partial charge on any atom is 0.407 e. The molecule has 2 aromatic rings. The zero-order chi connectivity index (χ0) is 18.4. The van der Waals surface area contributed by atoms with Crippen LogP contribution in [-0.2, 0) is 16.1 Å². The molecule has 0 bridgehead atoms. The Morgan fingerprint density at radius 2 is 2.11 bits per heavy atom. The number of aromatic nitrogens is 2. The highest BCUT2D eigenvalue weighted by atomic mass is 16.6. The maximum absolute atomic E-state index is 13.1. The molecule has 1 N–H and O–H groups in total. The second-order valence-corrected chi connectivity index (χ2v) is 7.98. The molecule has 3 aliphatic rings. The number of rotatable bonds is 3. The molecule has 1 spiro atoms. The van der Waals surface area contributed by atoms with Crippen molar-refractivity contribution in [3.05, 3.63) is 30.1 Å². The van der Waals surface area contributed by atoms with Crippen molar-refractivity contribution >= 4 is 23.0 Å². The predicted molar refractivity (Wildman–Crippen MR) is 99.4 cm³/mol. The normalized spacial score (nSPS) is 25.5. The minimum absolute atomic E-state index is 0.120. The molecular formula is C20H24N4O3. The molecule has 2 saturated heterocycles. The van der Waals surface area contributed by atoms with Crippen LogP contribution in [0.5, 0.6) is 0 Å². The Bertz CT molecular complexity index is 904. The lowest BCUT2D eigenvalue weighted by atomic mass is 9.95. The highest BCUT2D eigenvalue weighted by Gasteiger charge is 2.42. The number of para-hydroxylation sites is 2. The zero-order valence-corrected chi connectivity index (χ0v) is 15.3. The number of amides is 2. The zero-order valence-electron chi connectivity index (χ0n) is 15.3. The minimum Gasteiger partial charge on any atom is -0.441 e. The highest BCUT2D eigenvalue weighted by molar-refractivity contribution is 5.81. The predicted octanol–water partition coefficient (Wildman–Crippen LogP) is 2.40. The first-order valence-electron chi connectivity index (χ1n) is 9.83. The number of nitrogens with one attached hydrogen (secondary N) is 1. The quantitative estimate of drug-likeness (QED) is 0.903. The summed E-state index contributed by atoms with van der Waals surface area (Å²) in [5.41, 5.74) is 1.56. The van der Waals surface area contributed by atoms with Crippen LogP contribution in [0.1, 0.15) is 43.8 Å². The van der Waals surface area contributed by atoms with Gasteiger partial charge >= 0.3 is 6.09 Å². The molecule has 1 aromatic carbocycles. The molecule has 1 saturated carbocycles. The summed E-state index contributed by atoms with van der Waals surface area (Å²) in [5.74, 6) is 1.65. The third kappa shape index (κ3) is 3.05. The van der Waals surface area contributed by atoms with Gasteiger partial charge < -0.3 is 19.5 Å². The SMILES string of the molecule is O=C1NCC2(CCCN(C(=O)Cn3c(C4CC4)nc4ccccc43)CC2)O1. The Morgan fingerprint density at radius 3 is 2.89 bits per heavy atom. The summed E-state index contributed by atoms with van der Waals surface area (Å²) in [6.45, 7) is 2.21. The number of alkyl carbamates (subject to hydrolysis) is 1. The van der Waals surface area contributed by atoms with Gasteiger partial charge in [0.1, 0.15) is 18.0 Å². The molecule has 5 rings (SSSR count). The third-order valence-electron chi connectivity index (χ3n) is 6.03. The lowest BCUT2D eigenvalue weighted by Gasteiger charge is -2.25. The molecule has 142 valence electrons. The molecule has 7 heteroatoms. The average molecular weight is 368 g/mol. The minimum atomic E-state index is -0.438. The van der Waals surface area contributed by atoms with E-state index in [1.165, 1.54) is 0 Å². The van der Waals surface area contributed by atoms with Gasteiger partial charge in [0, 0.05) is 25.4 Å². The lowest BCUT2D eigenvalue weighted by Crippen LogP contribution is -2.38. The Morgan fingerprint density at radius 1 is 1.26 bits per heavy atom. The molecule has 27 heavy (non-hydrogen) atoms. The van der Waals surface area contributed by atoms with E-state index in [-0.39, 0.29) is 12.0 Å². The van der Waals surface area contributed by atoms with Gasteiger partial charge in [-0.2, -0.15) is 0 Å². The van der Waals surface area contributed by atoms with E-state index in [4.69, 9.17) is 9.72 Å². The number of likely N-dealkylation sites (tertiary alicyclic amines) is 1. The van der Waals surface area contributed by atoms with Gasteiger partial charge in [-0.3, -0.25) is 4.79 Å². The molecule has 2 amide bonds. The van der Waals surface area contributed by atoms with E-state index in [0.717, 1.165) is 42.5 Å². The standard InChI is InChI=1S/C20H24N4O3/c25-17(23-10-3-8-20(9-11-23)13-21-19(26)27-20)12-24-16-5-2-1-4-15(16)22-18(24)14-6-7-14/h1-2,4-5,14H,3,6-13H2,(H,21,26). The monoisotopic (exact) mass is 368 g/mol.